The maximum atomic E-state index is 10.5. The zero-order valence-corrected chi connectivity index (χ0v) is 23.5. The van der Waals surface area contributed by atoms with E-state index in [0.29, 0.717) is 35.4 Å². The minimum atomic E-state index is -0.531. The molecule has 4 aliphatic carbocycles. The van der Waals surface area contributed by atoms with E-state index in [1.165, 1.54) is 32.1 Å². The van der Waals surface area contributed by atoms with Gasteiger partial charge in [0.25, 0.3) is 0 Å². The fraction of sp³-hybridized carbons (Fsp3) is 0.900. The maximum absolute atomic E-state index is 10.5. The van der Waals surface area contributed by atoms with E-state index in [9.17, 15) is 10.2 Å². The highest BCUT2D eigenvalue weighted by Gasteiger charge is 2.59. The van der Waals surface area contributed by atoms with Crippen molar-refractivity contribution >= 4 is 5.71 Å². The number of oxime groups is 1. The van der Waals surface area contributed by atoms with Crippen molar-refractivity contribution in [3.8, 4) is 0 Å². The second-order valence-electron chi connectivity index (χ2n) is 13.4. The van der Waals surface area contributed by atoms with Gasteiger partial charge >= 0.3 is 0 Å². The number of rotatable bonds is 8. The minimum Gasteiger partial charge on any atom is -0.393 e. The Balaban J connectivity index is 1.39. The number of aliphatic hydroxyl groups excluding tert-OH is 2. The molecule has 4 rings (SSSR count). The van der Waals surface area contributed by atoms with Crippen LogP contribution >= 0.6 is 0 Å². The lowest BCUT2D eigenvalue weighted by Gasteiger charge is -2.58. The fourth-order valence-corrected chi connectivity index (χ4v) is 8.93. The van der Waals surface area contributed by atoms with Gasteiger partial charge in [-0.15, -0.1) is 0 Å². The van der Waals surface area contributed by atoms with Crippen LogP contribution in [0.2, 0.25) is 0 Å². The summed E-state index contributed by atoms with van der Waals surface area (Å²) in [7, 11) is 0. The van der Waals surface area contributed by atoms with E-state index in [4.69, 9.17) is 4.84 Å². The first-order chi connectivity index (χ1) is 16.5. The summed E-state index contributed by atoms with van der Waals surface area (Å²) in [5.41, 5.74) is 3.25. The van der Waals surface area contributed by atoms with Crippen molar-refractivity contribution in [3.05, 3.63) is 11.6 Å². The summed E-state index contributed by atoms with van der Waals surface area (Å²) in [6, 6.07) is 0.791. The lowest BCUT2D eigenvalue weighted by Crippen LogP contribution is -2.50. The lowest BCUT2D eigenvalue weighted by atomic mass is 9.47. The average molecular weight is 489 g/mol. The van der Waals surface area contributed by atoms with Crippen LogP contribution in [-0.2, 0) is 4.84 Å². The SMILES string of the molecule is C/C(=N/OCC(O)CN(C(C)C)C(C)C)C1CCC2C3CC=C4CC(O)CCC4(C)C3CCC12C. The highest BCUT2D eigenvalue weighted by molar-refractivity contribution is 5.85. The molecule has 0 bridgehead atoms. The van der Waals surface area contributed by atoms with Crippen molar-refractivity contribution in [3.63, 3.8) is 0 Å². The Hall–Kier alpha value is -0.910. The molecular weight excluding hydrogens is 436 g/mol. The molecule has 4 aliphatic rings. The van der Waals surface area contributed by atoms with Gasteiger partial charge in [0, 0.05) is 24.5 Å². The number of hydrogen-bond donors (Lipinski definition) is 2. The van der Waals surface area contributed by atoms with Crippen LogP contribution in [0.4, 0.5) is 0 Å². The Labute approximate surface area is 214 Å². The second-order valence-corrected chi connectivity index (χ2v) is 13.4. The van der Waals surface area contributed by atoms with Crippen LogP contribution in [0.15, 0.2) is 16.8 Å². The third-order valence-corrected chi connectivity index (χ3v) is 10.8. The predicted molar refractivity (Wildman–Crippen MR) is 143 cm³/mol. The highest BCUT2D eigenvalue weighted by Crippen LogP contribution is 2.66. The second kappa shape index (κ2) is 10.5. The van der Waals surface area contributed by atoms with Crippen LogP contribution in [0.3, 0.4) is 0 Å². The number of nitrogens with zero attached hydrogens (tertiary/aromatic N) is 2. The molecule has 5 heteroatoms. The summed E-state index contributed by atoms with van der Waals surface area (Å²) >= 11 is 0. The standard InChI is InChI=1S/C30H52N2O3/c1-19(2)32(20(3)4)17-24(34)18-35-31-21(5)26-10-11-27-25-9-8-22-16-23(33)12-14-29(22,6)28(25)13-15-30(26,27)7/h8,19-20,23-28,33-34H,9-18H2,1-7H3/b31-21-. The van der Waals surface area contributed by atoms with Crippen molar-refractivity contribution in [2.24, 2.45) is 39.7 Å². The molecule has 3 fully saturated rings. The molecule has 2 N–H and O–H groups in total. The van der Waals surface area contributed by atoms with Gasteiger partial charge in [-0.25, -0.2) is 0 Å². The summed E-state index contributed by atoms with van der Waals surface area (Å²) in [4.78, 5) is 8.03. The molecular formula is C30H52N2O3. The van der Waals surface area contributed by atoms with Crippen LogP contribution in [-0.4, -0.2) is 58.3 Å². The van der Waals surface area contributed by atoms with Gasteiger partial charge in [-0.1, -0.05) is 30.7 Å². The molecule has 0 saturated heterocycles. The number of aliphatic hydroxyl groups is 2. The quantitative estimate of drug-likeness (QED) is 0.257. The molecule has 35 heavy (non-hydrogen) atoms. The Bertz CT molecular complexity index is 799. The molecule has 0 aromatic heterocycles. The summed E-state index contributed by atoms with van der Waals surface area (Å²) < 4.78 is 0. The van der Waals surface area contributed by atoms with Gasteiger partial charge in [0.05, 0.1) is 11.8 Å². The van der Waals surface area contributed by atoms with E-state index >= 15 is 0 Å². The third kappa shape index (κ3) is 5.11. The fourth-order valence-electron chi connectivity index (χ4n) is 8.93. The van der Waals surface area contributed by atoms with E-state index in [-0.39, 0.29) is 12.7 Å². The average Bonchev–Trinajstić information content (AvgIpc) is 3.14. The van der Waals surface area contributed by atoms with E-state index in [1.54, 1.807) is 5.57 Å². The molecule has 0 amide bonds. The molecule has 8 atom stereocenters. The highest BCUT2D eigenvalue weighted by atomic mass is 16.6. The van der Waals surface area contributed by atoms with Crippen molar-refractivity contribution in [2.45, 2.75) is 124 Å². The van der Waals surface area contributed by atoms with Crippen LogP contribution in [0.5, 0.6) is 0 Å². The minimum absolute atomic E-state index is 0.133. The zero-order valence-electron chi connectivity index (χ0n) is 23.5. The molecule has 0 aromatic rings. The Morgan fingerprint density at radius 3 is 2.49 bits per heavy atom. The van der Waals surface area contributed by atoms with Crippen LogP contribution in [0, 0.1) is 34.5 Å². The molecule has 3 saturated carbocycles. The van der Waals surface area contributed by atoms with Crippen LogP contribution in [0.1, 0.15) is 99.8 Å². The molecule has 8 unspecified atom stereocenters. The predicted octanol–water partition coefficient (Wildman–Crippen LogP) is 5.80. The van der Waals surface area contributed by atoms with Crippen molar-refractivity contribution in [2.75, 3.05) is 13.2 Å². The van der Waals surface area contributed by atoms with E-state index in [2.05, 4.69) is 64.6 Å². The van der Waals surface area contributed by atoms with Gasteiger partial charge < -0.3 is 15.1 Å². The molecule has 0 aromatic carbocycles. The summed E-state index contributed by atoms with van der Waals surface area (Å²) in [5, 5.41) is 25.4. The first kappa shape index (κ1) is 27.1. The normalized spacial score (nSPS) is 40.4. The van der Waals surface area contributed by atoms with E-state index in [0.717, 1.165) is 42.7 Å². The van der Waals surface area contributed by atoms with Gasteiger partial charge in [-0.3, -0.25) is 4.90 Å². The summed E-state index contributed by atoms with van der Waals surface area (Å²) in [6.45, 7) is 16.7. The largest absolute Gasteiger partial charge is 0.393 e. The van der Waals surface area contributed by atoms with Crippen molar-refractivity contribution in [1.82, 2.24) is 4.90 Å². The third-order valence-electron chi connectivity index (χ3n) is 10.8. The Kier molecular flexibility index (Phi) is 8.11. The lowest BCUT2D eigenvalue weighted by molar-refractivity contribution is -0.0430. The van der Waals surface area contributed by atoms with Gasteiger partial charge in [0.15, 0.2) is 0 Å². The smallest absolute Gasteiger partial charge is 0.144 e. The van der Waals surface area contributed by atoms with Crippen molar-refractivity contribution in [1.29, 1.82) is 0 Å². The van der Waals surface area contributed by atoms with Crippen LogP contribution < -0.4 is 0 Å². The molecule has 0 aliphatic heterocycles. The first-order valence-corrected chi connectivity index (χ1v) is 14.4. The number of allylic oxidation sites excluding steroid dienone is 1. The number of fused-ring (bicyclic) bond motifs is 5. The van der Waals surface area contributed by atoms with Gasteiger partial charge in [-0.2, -0.15) is 0 Å². The Morgan fingerprint density at radius 1 is 1.09 bits per heavy atom. The molecule has 200 valence electrons. The van der Waals surface area contributed by atoms with E-state index in [1.807, 2.05) is 0 Å². The maximum Gasteiger partial charge on any atom is 0.144 e. The summed E-state index contributed by atoms with van der Waals surface area (Å²) in [6.07, 6.45) is 11.1. The Morgan fingerprint density at radius 2 is 1.80 bits per heavy atom. The van der Waals surface area contributed by atoms with E-state index < -0.39 is 6.10 Å². The van der Waals surface area contributed by atoms with Gasteiger partial charge in [-0.05, 0) is 115 Å². The zero-order chi connectivity index (χ0) is 25.5. The van der Waals surface area contributed by atoms with Gasteiger partial charge in [0.2, 0.25) is 0 Å². The van der Waals surface area contributed by atoms with Crippen LogP contribution in [0.25, 0.3) is 0 Å². The van der Waals surface area contributed by atoms with Crippen molar-refractivity contribution < 1.29 is 15.1 Å². The number of hydrogen-bond acceptors (Lipinski definition) is 5. The topological polar surface area (TPSA) is 65.3 Å². The first-order valence-electron chi connectivity index (χ1n) is 14.4. The molecule has 0 radical (unpaired) electrons. The molecule has 0 heterocycles. The molecule has 0 spiro atoms. The monoisotopic (exact) mass is 488 g/mol. The molecule has 5 nitrogen and oxygen atoms in total. The van der Waals surface area contributed by atoms with Gasteiger partial charge in [0.1, 0.15) is 12.7 Å². The summed E-state index contributed by atoms with van der Waals surface area (Å²) in [5.74, 6) is 2.74.